The first-order valence-electron chi connectivity index (χ1n) is 10.5. The van der Waals surface area contributed by atoms with E-state index in [1.54, 1.807) is 18.4 Å². The summed E-state index contributed by atoms with van der Waals surface area (Å²) in [7, 11) is 1.62. The maximum absolute atomic E-state index is 6.42. The topological polar surface area (TPSA) is 53.5 Å². The number of hydrogen-bond acceptors (Lipinski definition) is 6. The van der Waals surface area contributed by atoms with Crippen molar-refractivity contribution in [3.05, 3.63) is 75.4 Å². The van der Waals surface area contributed by atoms with Crippen molar-refractivity contribution in [3.8, 4) is 0 Å². The van der Waals surface area contributed by atoms with Gasteiger partial charge in [0.1, 0.15) is 0 Å². The molecule has 8 heteroatoms. The minimum Gasteiger partial charge on any atom is -0.324 e. The molecule has 1 aromatic heterocycles. The maximum atomic E-state index is 6.42. The monoisotopic (exact) mass is 467 g/mol. The second-order valence-corrected chi connectivity index (χ2v) is 8.72. The number of hydroxylamine groups is 1. The van der Waals surface area contributed by atoms with E-state index in [0.717, 1.165) is 28.9 Å². The average Bonchev–Trinajstić information content (AvgIpc) is 2.77. The van der Waals surface area contributed by atoms with Crippen LogP contribution < -0.4 is 10.4 Å². The summed E-state index contributed by atoms with van der Waals surface area (Å²) in [5.74, 6) is 1.19. The zero-order valence-electron chi connectivity index (χ0n) is 17.7. The molecule has 1 fully saturated rings. The standard InChI is InChI=1S/C24H23Cl2N5O/c1-32-31-15-18(22-20(25)4-2-5-21(22)26)12-17-13-27-24(29-23(17)31)28-19-8-6-16(7-9-19)14-30-10-3-11-30/h2,4-9,12-13H,3,10-11,14-15H2,1H3,(H,27,28,29). The van der Waals surface area contributed by atoms with Crippen LogP contribution in [0.4, 0.5) is 17.5 Å². The Morgan fingerprint density at radius 1 is 1.06 bits per heavy atom. The Hall–Kier alpha value is -2.64. The minimum atomic E-state index is 0.467. The fourth-order valence-electron chi connectivity index (χ4n) is 3.93. The van der Waals surface area contributed by atoms with Crippen LogP contribution in [-0.2, 0) is 11.4 Å². The summed E-state index contributed by atoms with van der Waals surface area (Å²) in [6, 6.07) is 13.9. The highest BCUT2D eigenvalue weighted by Crippen LogP contribution is 2.37. The lowest BCUT2D eigenvalue weighted by Gasteiger charge is -2.30. The summed E-state index contributed by atoms with van der Waals surface area (Å²) in [4.78, 5) is 17.2. The third-order valence-electron chi connectivity index (χ3n) is 5.75. The Kier molecular flexibility index (Phi) is 6.02. The van der Waals surface area contributed by atoms with Gasteiger partial charge in [-0.25, -0.2) is 10.0 Å². The quantitative estimate of drug-likeness (QED) is 0.504. The first-order valence-corrected chi connectivity index (χ1v) is 11.3. The van der Waals surface area contributed by atoms with E-state index in [9.17, 15) is 0 Å². The van der Waals surface area contributed by atoms with Crippen molar-refractivity contribution in [2.45, 2.75) is 13.0 Å². The van der Waals surface area contributed by atoms with Gasteiger partial charge in [-0.1, -0.05) is 41.4 Å². The van der Waals surface area contributed by atoms with E-state index < -0.39 is 0 Å². The summed E-state index contributed by atoms with van der Waals surface area (Å²) in [5, 5.41) is 6.20. The SMILES string of the molecule is CON1CC(c2c(Cl)cccc2Cl)=Cc2cnc(Nc3ccc(CN4CCC4)cc3)nc21. The third-order valence-corrected chi connectivity index (χ3v) is 6.37. The summed E-state index contributed by atoms with van der Waals surface area (Å²) in [6.07, 6.45) is 5.08. The fourth-order valence-corrected chi connectivity index (χ4v) is 4.57. The molecular weight excluding hydrogens is 445 g/mol. The van der Waals surface area contributed by atoms with E-state index in [1.807, 2.05) is 24.3 Å². The number of anilines is 3. The van der Waals surface area contributed by atoms with Gasteiger partial charge >= 0.3 is 0 Å². The van der Waals surface area contributed by atoms with Crippen molar-refractivity contribution in [3.63, 3.8) is 0 Å². The van der Waals surface area contributed by atoms with Crippen LogP contribution in [-0.4, -0.2) is 41.6 Å². The molecule has 1 N–H and O–H groups in total. The lowest BCUT2D eigenvalue weighted by molar-refractivity contribution is 0.172. The largest absolute Gasteiger partial charge is 0.324 e. The van der Waals surface area contributed by atoms with Crippen molar-refractivity contribution < 1.29 is 4.84 Å². The minimum absolute atomic E-state index is 0.467. The third kappa shape index (κ3) is 4.32. The van der Waals surface area contributed by atoms with Gasteiger partial charge in [0.2, 0.25) is 5.95 Å². The Morgan fingerprint density at radius 3 is 2.47 bits per heavy atom. The van der Waals surface area contributed by atoms with Crippen molar-refractivity contribution >= 4 is 52.3 Å². The molecule has 0 unspecified atom stereocenters. The van der Waals surface area contributed by atoms with E-state index in [1.165, 1.54) is 25.1 Å². The molecule has 0 bridgehead atoms. The lowest BCUT2D eigenvalue weighted by atomic mass is 10.0. The van der Waals surface area contributed by atoms with Crippen LogP contribution in [0.15, 0.2) is 48.7 Å². The zero-order valence-corrected chi connectivity index (χ0v) is 19.2. The van der Waals surface area contributed by atoms with Crippen molar-refractivity contribution in [1.29, 1.82) is 0 Å². The highest BCUT2D eigenvalue weighted by Gasteiger charge is 2.24. The number of aromatic nitrogens is 2. The Labute approximate surface area is 197 Å². The van der Waals surface area contributed by atoms with Crippen LogP contribution in [0.3, 0.4) is 0 Å². The van der Waals surface area contributed by atoms with Crippen LogP contribution in [0.25, 0.3) is 11.6 Å². The van der Waals surface area contributed by atoms with Gasteiger partial charge in [-0.2, -0.15) is 4.98 Å². The van der Waals surface area contributed by atoms with E-state index in [2.05, 4.69) is 44.5 Å². The number of benzene rings is 2. The molecule has 0 radical (unpaired) electrons. The molecule has 3 heterocycles. The van der Waals surface area contributed by atoms with Gasteiger partial charge in [-0.15, -0.1) is 0 Å². The second-order valence-electron chi connectivity index (χ2n) is 7.91. The molecule has 2 aromatic carbocycles. The van der Waals surface area contributed by atoms with E-state index >= 15 is 0 Å². The molecule has 2 aliphatic heterocycles. The van der Waals surface area contributed by atoms with Gasteiger partial charge in [-0.05, 0) is 61.0 Å². The molecule has 0 atom stereocenters. The van der Waals surface area contributed by atoms with Crippen molar-refractivity contribution in [1.82, 2.24) is 14.9 Å². The molecule has 0 aliphatic carbocycles. The van der Waals surface area contributed by atoms with Gasteiger partial charge in [0.05, 0.1) is 13.7 Å². The Balaban J connectivity index is 1.38. The van der Waals surface area contributed by atoms with Gasteiger partial charge < -0.3 is 5.32 Å². The number of likely N-dealkylation sites (tertiary alicyclic amines) is 1. The first kappa shape index (κ1) is 21.2. The summed E-state index contributed by atoms with van der Waals surface area (Å²) >= 11 is 12.8. The predicted octanol–water partition coefficient (Wildman–Crippen LogP) is 5.65. The highest BCUT2D eigenvalue weighted by atomic mass is 35.5. The number of halogens is 2. The second kappa shape index (κ2) is 9.08. The van der Waals surface area contributed by atoms with Crippen LogP contribution in [0.2, 0.25) is 10.0 Å². The number of hydrogen-bond donors (Lipinski definition) is 1. The number of rotatable bonds is 6. The molecule has 5 rings (SSSR count). The molecular formula is C24H23Cl2N5O. The van der Waals surface area contributed by atoms with E-state index in [0.29, 0.717) is 28.4 Å². The van der Waals surface area contributed by atoms with Crippen LogP contribution in [0, 0.1) is 0 Å². The molecule has 0 saturated carbocycles. The molecule has 0 amide bonds. The molecule has 3 aromatic rings. The average molecular weight is 468 g/mol. The fraction of sp³-hybridized carbons (Fsp3) is 0.250. The number of nitrogens with one attached hydrogen (secondary N) is 1. The summed E-state index contributed by atoms with van der Waals surface area (Å²) < 4.78 is 0. The lowest BCUT2D eigenvalue weighted by Crippen LogP contribution is -2.36. The van der Waals surface area contributed by atoms with Crippen molar-refractivity contribution in [2.24, 2.45) is 0 Å². The van der Waals surface area contributed by atoms with Gasteiger partial charge in [0, 0.05) is 39.6 Å². The molecule has 1 saturated heterocycles. The van der Waals surface area contributed by atoms with Gasteiger partial charge in [0.25, 0.3) is 0 Å². The summed E-state index contributed by atoms with van der Waals surface area (Å²) in [5.41, 5.74) is 4.82. The first-order chi connectivity index (χ1) is 15.6. The summed E-state index contributed by atoms with van der Waals surface area (Å²) in [6.45, 7) is 3.85. The highest BCUT2D eigenvalue weighted by molar-refractivity contribution is 6.38. The smallest absolute Gasteiger partial charge is 0.229 e. The Morgan fingerprint density at radius 2 is 1.81 bits per heavy atom. The molecule has 164 valence electrons. The van der Waals surface area contributed by atoms with Gasteiger partial charge in [0.15, 0.2) is 5.82 Å². The molecule has 2 aliphatic rings. The van der Waals surface area contributed by atoms with Crippen LogP contribution in [0.5, 0.6) is 0 Å². The maximum Gasteiger partial charge on any atom is 0.229 e. The number of nitrogens with zero attached hydrogens (tertiary/aromatic N) is 4. The molecule has 6 nitrogen and oxygen atoms in total. The number of fused-ring (bicyclic) bond motifs is 1. The predicted molar refractivity (Wildman–Crippen MR) is 130 cm³/mol. The zero-order chi connectivity index (χ0) is 22.1. The van der Waals surface area contributed by atoms with E-state index in [-0.39, 0.29) is 0 Å². The molecule has 32 heavy (non-hydrogen) atoms. The van der Waals surface area contributed by atoms with Crippen molar-refractivity contribution in [2.75, 3.05) is 37.1 Å². The van der Waals surface area contributed by atoms with Gasteiger partial charge in [-0.3, -0.25) is 9.74 Å². The molecule has 0 spiro atoms. The van der Waals surface area contributed by atoms with Crippen LogP contribution >= 0.6 is 23.2 Å². The normalized spacial score (nSPS) is 15.7. The van der Waals surface area contributed by atoms with Crippen LogP contribution in [0.1, 0.15) is 23.1 Å². The Bertz CT molecular complexity index is 1140. The van der Waals surface area contributed by atoms with E-state index in [4.69, 9.17) is 28.0 Å².